The van der Waals surface area contributed by atoms with Gasteiger partial charge in [0.05, 0.1) is 31.0 Å². The van der Waals surface area contributed by atoms with Gasteiger partial charge in [0.1, 0.15) is 0 Å². The molecule has 6 nitrogen and oxygen atoms in total. The molecular formula is C22H22N2O4S. The van der Waals surface area contributed by atoms with Crippen molar-refractivity contribution in [2.24, 2.45) is 0 Å². The number of carbonyl (C=O) groups is 1. The van der Waals surface area contributed by atoms with Crippen LogP contribution in [0.5, 0.6) is 11.5 Å². The van der Waals surface area contributed by atoms with Crippen molar-refractivity contribution in [2.75, 3.05) is 25.8 Å². The average molecular weight is 410 g/mol. The quantitative estimate of drug-likeness (QED) is 0.567. The molecule has 1 heterocycles. The summed E-state index contributed by atoms with van der Waals surface area (Å²) in [5.41, 5.74) is 1.65. The van der Waals surface area contributed by atoms with Crippen LogP contribution in [0.3, 0.4) is 0 Å². The fourth-order valence-electron chi connectivity index (χ4n) is 3.34. The van der Waals surface area contributed by atoms with Crippen LogP contribution in [0.25, 0.3) is 11.3 Å². The summed E-state index contributed by atoms with van der Waals surface area (Å²) in [6.07, 6.45) is 3.49. The normalized spacial score (nSPS) is 14.3. The number of thioether (sulfide) groups is 1. The molecule has 0 bridgehead atoms. The molecule has 1 aliphatic rings. The summed E-state index contributed by atoms with van der Waals surface area (Å²) in [6, 6.07) is 15.1. The number of ether oxygens (including phenoxy) is 2. The minimum Gasteiger partial charge on any atom is -0.493 e. The third-order valence-corrected chi connectivity index (χ3v) is 6.00. The highest BCUT2D eigenvalue weighted by molar-refractivity contribution is 7.98. The molecule has 0 radical (unpaired) electrons. The van der Waals surface area contributed by atoms with Gasteiger partial charge in [-0.15, -0.1) is 11.8 Å². The first-order valence-electron chi connectivity index (χ1n) is 9.25. The second-order valence-corrected chi connectivity index (χ2v) is 7.73. The largest absolute Gasteiger partial charge is 0.493 e. The molecule has 150 valence electrons. The predicted octanol–water partition coefficient (Wildman–Crippen LogP) is 4.75. The van der Waals surface area contributed by atoms with Crippen LogP contribution in [-0.2, 0) is 10.2 Å². The van der Waals surface area contributed by atoms with Gasteiger partial charge in [-0.25, -0.2) is 0 Å². The molecule has 1 amide bonds. The van der Waals surface area contributed by atoms with Gasteiger partial charge in [-0.1, -0.05) is 17.3 Å². The first kappa shape index (κ1) is 19.4. The second kappa shape index (κ2) is 7.83. The van der Waals surface area contributed by atoms with E-state index in [9.17, 15) is 4.79 Å². The number of benzene rings is 2. The molecule has 0 spiro atoms. The molecule has 0 aliphatic heterocycles. The van der Waals surface area contributed by atoms with Crippen molar-refractivity contribution in [1.82, 2.24) is 5.16 Å². The van der Waals surface area contributed by atoms with E-state index in [0.29, 0.717) is 23.0 Å². The Kier molecular flexibility index (Phi) is 5.24. The Morgan fingerprint density at radius 1 is 1.10 bits per heavy atom. The molecule has 29 heavy (non-hydrogen) atoms. The highest BCUT2D eigenvalue weighted by atomic mass is 32.2. The Labute approximate surface area is 173 Å². The molecule has 0 saturated heterocycles. The van der Waals surface area contributed by atoms with Gasteiger partial charge in [-0.05, 0) is 49.4 Å². The van der Waals surface area contributed by atoms with Crippen molar-refractivity contribution in [1.29, 1.82) is 0 Å². The van der Waals surface area contributed by atoms with E-state index in [1.54, 1.807) is 26.0 Å². The van der Waals surface area contributed by atoms with E-state index in [-0.39, 0.29) is 5.91 Å². The molecule has 1 fully saturated rings. The van der Waals surface area contributed by atoms with E-state index < -0.39 is 5.41 Å². The first-order valence-corrected chi connectivity index (χ1v) is 10.5. The minimum absolute atomic E-state index is 0.0499. The number of amides is 1. The summed E-state index contributed by atoms with van der Waals surface area (Å²) in [5.74, 6) is 1.78. The van der Waals surface area contributed by atoms with Crippen LogP contribution in [0.4, 0.5) is 5.69 Å². The van der Waals surface area contributed by atoms with Crippen LogP contribution < -0.4 is 14.8 Å². The van der Waals surface area contributed by atoms with Crippen molar-refractivity contribution in [3.8, 4) is 22.8 Å². The fourth-order valence-corrected chi connectivity index (χ4v) is 3.89. The van der Waals surface area contributed by atoms with Crippen molar-refractivity contribution < 1.29 is 18.8 Å². The standard InChI is InChI=1S/C22H22N2O4S/c1-26-16-9-8-14(12-18(16)27-2)17-13-20(24-28-17)22(10-11-22)21(25)23-15-6-4-5-7-19(15)29-3/h4-9,12-13H,10-11H2,1-3H3,(H,23,25). The zero-order valence-electron chi connectivity index (χ0n) is 16.5. The summed E-state index contributed by atoms with van der Waals surface area (Å²) < 4.78 is 16.2. The van der Waals surface area contributed by atoms with E-state index in [2.05, 4.69) is 10.5 Å². The molecule has 1 aromatic heterocycles. The lowest BCUT2D eigenvalue weighted by Crippen LogP contribution is -2.28. The van der Waals surface area contributed by atoms with Crippen LogP contribution >= 0.6 is 11.8 Å². The maximum absolute atomic E-state index is 13.1. The molecule has 1 aliphatic carbocycles. The zero-order chi connectivity index (χ0) is 20.4. The number of aromatic nitrogens is 1. The molecule has 2 aromatic carbocycles. The molecule has 1 saturated carbocycles. The number of nitrogens with zero attached hydrogens (tertiary/aromatic N) is 1. The first-order chi connectivity index (χ1) is 14.1. The Hall–Kier alpha value is -2.93. The van der Waals surface area contributed by atoms with Crippen LogP contribution in [0.1, 0.15) is 18.5 Å². The number of methoxy groups -OCH3 is 2. The molecule has 0 unspecified atom stereocenters. The maximum atomic E-state index is 13.1. The highest BCUT2D eigenvalue weighted by Crippen LogP contribution is 2.49. The van der Waals surface area contributed by atoms with Crippen LogP contribution in [0.2, 0.25) is 0 Å². The minimum atomic E-state index is -0.635. The molecule has 4 rings (SSSR count). The molecule has 0 atom stereocenters. The summed E-state index contributed by atoms with van der Waals surface area (Å²) in [6.45, 7) is 0. The van der Waals surface area contributed by atoms with Crippen molar-refractivity contribution >= 4 is 23.4 Å². The van der Waals surface area contributed by atoms with Gasteiger partial charge in [0, 0.05) is 16.5 Å². The SMILES string of the molecule is COc1ccc(-c2cc(C3(C(=O)Nc4ccccc4SC)CC3)no2)cc1OC. The monoisotopic (exact) mass is 410 g/mol. The van der Waals surface area contributed by atoms with E-state index in [0.717, 1.165) is 29.0 Å². The number of carbonyl (C=O) groups excluding carboxylic acids is 1. The molecule has 1 N–H and O–H groups in total. The number of hydrogen-bond acceptors (Lipinski definition) is 6. The Morgan fingerprint density at radius 3 is 2.55 bits per heavy atom. The summed E-state index contributed by atoms with van der Waals surface area (Å²) in [7, 11) is 3.18. The lowest BCUT2D eigenvalue weighted by Gasteiger charge is -2.14. The zero-order valence-corrected chi connectivity index (χ0v) is 17.3. The Balaban J connectivity index is 1.58. The smallest absolute Gasteiger partial charge is 0.236 e. The van der Waals surface area contributed by atoms with Crippen LogP contribution in [0, 0.1) is 0 Å². The number of hydrogen-bond donors (Lipinski definition) is 1. The van der Waals surface area contributed by atoms with E-state index in [1.807, 2.05) is 54.8 Å². The van der Waals surface area contributed by atoms with E-state index >= 15 is 0 Å². The number of anilines is 1. The van der Waals surface area contributed by atoms with Gasteiger partial charge < -0.3 is 19.3 Å². The second-order valence-electron chi connectivity index (χ2n) is 6.88. The summed E-state index contributed by atoms with van der Waals surface area (Å²) in [4.78, 5) is 14.1. The fraction of sp³-hybridized carbons (Fsp3) is 0.273. The third kappa shape index (κ3) is 3.58. The Bertz CT molecular complexity index is 1040. The Morgan fingerprint density at radius 2 is 1.86 bits per heavy atom. The maximum Gasteiger partial charge on any atom is 0.236 e. The summed E-state index contributed by atoms with van der Waals surface area (Å²) >= 11 is 1.60. The highest BCUT2D eigenvalue weighted by Gasteiger charge is 2.54. The van der Waals surface area contributed by atoms with E-state index in [4.69, 9.17) is 14.0 Å². The average Bonchev–Trinajstić information content (AvgIpc) is 3.43. The predicted molar refractivity (Wildman–Crippen MR) is 113 cm³/mol. The van der Waals surface area contributed by atoms with Gasteiger partial charge in [0.15, 0.2) is 17.3 Å². The van der Waals surface area contributed by atoms with Crippen LogP contribution in [-0.4, -0.2) is 31.5 Å². The lowest BCUT2D eigenvalue weighted by molar-refractivity contribution is -0.118. The topological polar surface area (TPSA) is 73.6 Å². The number of nitrogens with one attached hydrogen (secondary N) is 1. The summed E-state index contributed by atoms with van der Waals surface area (Å²) in [5, 5.41) is 7.28. The van der Waals surface area contributed by atoms with Crippen molar-refractivity contribution in [3.05, 3.63) is 54.2 Å². The van der Waals surface area contributed by atoms with Crippen LogP contribution in [0.15, 0.2) is 57.9 Å². The number of rotatable bonds is 7. The van der Waals surface area contributed by atoms with Gasteiger partial charge in [-0.3, -0.25) is 4.79 Å². The van der Waals surface area contributed by atoms with Gasteiger partial charge in [-0.2, -0.15) is 0 Å². The molecule has 7 heteroatoms. The van der Waals surface area contributed by atoms with Crippen molar-refractivity contribution in [3.63, 3.8) is 0 Å². The van der Waals surface area contributed by atoms with Crippen molar-refractivity contribution in [2.45, 2.75) is 23.2 Å². The van der Waals surface area contributed by atoms with Gasteiger partial charge >= 0.3 is 0 Å². The van der Waals surface area contributed by atoms with E-state index in [1.165, 1.54) is 0 Å². The lowest BCUT2D eigenvalue weighted by atomic mass is 10.00. The third-order valence-electron chi connectivity index (χ3n) is 5.21. The molecular weight excluding hydrogens is 388 g/mol. The number of para-hydroxylation sites is 1. The van der Waals surface area contributed by atoms with Gasteiger partial charge in [0.25, 0.3) is 0 Å². The van der Waals surface area contributed by atoms with Gasteiger partial charge in [0.2, 0.25) is 5.91 Å². The molecule has 3 aromatic rings.